The summed E-state index contributed by atoms with van der Waals surface area (Å²) in [5.74, 6) is 1.05. The van der Waals surface area contributed by atoms with E-state index in [0.29, 0.717) is 37.8 Å². The van der Waals surface area contributed by atoms with Gasteiger partial charge in [-0.2, -0.15) is 0 Å². The molecule has 0 saturated carbocycles. The summed E-state index contributed by atoms with van der Waals surface area (Å²) in [7, 11) is 3.06. The molecule has 4 aromatic rings. The molecule has 1 unspecified atom stereocenters. The largest absolute Gasteiger partial charge is 0.497 e. The maximum atomic E-state index is 13.9. The van der Waals surface area contributed by atoms with E-state index in [4.69, 9.17) is 18.9 Å². The third-order valence-electron chi connectivity index (χ3n) is 6.98. The minimum absolute atomic E-state index is 0.0182. The van der Waals surface area contributed by atoms with Gasteiger partial charge >= 0.3 is 5.97 Å². The Morgan fingerprint density at radius 3 is 2.39 bits per heavy atom. The summed E-state index contributed by atoms with van der Waals surface area (Å²) in [4.78, 5) is 42.6. The van der Waals surface area contributed by atoms with Crippen LogP contribution in [-0.2, 0) is 16.1 Å². The van der Waals surface area contributed by atoms with Gasteiger partial charge in [-0.15, -0.1) is 0 Å². The Kier molecular flexibility index (Phi) is 8.91. The molecular formula is C32H29N3O8S. The van der Waals surface area contributed by atoms with Crippen molar-refractivity contribution in [1.82, 2.24) is 4.57 Å². The van der Waals surface area contributed by atoms with Gasteiger partial charge in [0.15, 0.2) is 4.80 Å². The number of nitro benzene ring substituents is 1. The topological polar surface area (TPSA) is 131 Å². The predicted octanol–water partition coefficient (Wildman–Crippen LogP) is 4.30. The lowest BCUT2D eigenvalue weighted by atomic mass is 9.94. The Labute approximate surface area is 256 Å². The Morgan fingerprint density at radius 2 is 1.75 bits per heavy atom. The van der Waals surface area contributed by atoms with Crippen LogP contribution < -0.4 is 29.1 Å². The fourth-order valence-electron chi connectivity index (χ4n) is 4.83. The zero-order chi connectivity index (χ0) is 31.4. The highest BCUT2D eigenvalue weighted by atomic mass is 32.1. The number of thiazole rings is 1. The van der Waals surface area contributed by atoms with Crippen molar-refractivity contribution in [2.24, 2.45) is 4.99 Å². The van der Waals surface area contributed by atoms with Crippen molar-refractivity contribution >= 4 is 29.1 Å². The van der Waals surface area contributed by atoms with Crippen LogP contribution in [0.1, 0.15) is 36.6 Å². The SMILES string of the molecule is CCOC(=O)C1=C(C)N=c2s/c(=C\c3ccc(OCc4ccc([N+](=O)[O-])cc4)cc3)c(=O)n2C1c1cc(OC)ccc1OC. The number of methoxy groups -OCH3 is 2. The summed E-state index contributed by atoms with van der Waals surface area (Å²) in [6.07, 6.45) is 1.76. The van der Waals surface area contributed by atoms with E-state index in [-0.39, 0.29) is 30.0 Å². The number of fused-ring (bicyclic) bond motifs is 1. The number of nitrogens with zero attached hydrogens (tertiary/aromatic N) is 3. The van der Waals surface area contributed by atoms with Crippen LogP contribution >= 0.6 is 11.3 Å². The van der Waals surface area contributed by atoms with E-state index >= 15 is 0 Å². The van der Waals surface area contributed by atoms with Crippen LogP contribution in [0.25, 0.3) is 6.08 Å². The number of non-ortho nitro benzene ring substituents is 1. The van der Waals surface area contributed by atoms with E-state index < -0.39 is 16.9 Å². The van der Waals surface area contributed by atoms with Crippen LogP contribution in [0.3, 0.4) is 0 Å². The van der Waals surface area contributed by atoms with Crippen LogP contribution in [0.4, 0.5) is 5.69 Å². The smallest absolute Gasteiger partial charge is 0.338 e. The number of hydrogen-bond donors (Lipinski definition) is 0. The van der Waals surface area contributed by atoms with E-state index in [1.165, 1.54) is 42.3 Å². The summed E-state index contributed by atoms with van der Waals surface area (Å²) >= 11 is 1.22. The van der Waals surface area contributed by atoms with Gasteiger partial charge in [0.05, 0.1) is 41.6 Å². The third kappa shape index (κ3) is 6.11. The van der Waals surface area contributed by atoms with Gasteiger partial charge in [0.25, 0.3) is 11.2 Å². The molecule has 226 valence electrons. The maximum Gasteiger partial charge on any atom is 0.338 e. The second-order valence-corrected chi connectivity index (χ2v) is 10.7. The first-order chi connectivity index (χ1) is 21.2. The van der Waals surface area contributed by atoms with Crippen molar-refractivity contribution in [2.45, 2.75) is 26.5 Å². The molecule has 1 aliphatic heterocycles. The van der Waals surface area contributed by atoms with Crippen LogP contribution in [0.15, 0.2) is 87.8 Å². The number of esters is 1. The highest BCUT2D eigenvalue weighted by molar-refractivity contribution is 7.07. The van der Waals surface area contributed by atoms with Gasteiger partial charge in [0, 0.05) is 17.7 Å². The number of benzene rings is 3. The molecule has 0 radical (unpaired) electrons. The summed E-state index contributed by atoms with van der Waals surface area (Å²) in [6.45, 7) is 3.84. The highest BCUT2D eigenvalue weighted by Gasteiger charge is 2.35. The van der Waals surface area contributed by atoms with Crippen molar-refractivity contribution in [3.05, 3.63) is 124 Å². The number of rotatable bonds is 10. The summed E-state index contributed by atoms with van der Waals surface area (Å²) < 4.78 is 24.2. The fraction of sp³-hybridized carbons (Fsp3) is 0.219. The standard InChI is InChI=1S/C32H29N3O8S/c1-5-42-31(37)28-19(2)33-32-34(29(28)25-17-24(40-3)14-15-26(25)41-4)30(36)27(44-32)16-20-8-12-23(13-9-20)43-18-21-6-10-22(11-7-21)35(38)39/h6-17,29H,5,18H2,1-4H3/b27-16-. The molecule has 1 atom stereocenters. The highest BCUT2D eigenvalue weighted by Crippen LogP contribution is 2.37. The van der Waals surface area contributed by atoms with Gasteiger partial charge in [0.2, 0.25) is 0 Å². The van der Waals surface area contributed by atoms with Crippen molar-refractivity contribution in [1.29, 1.82) is 0 Å². The number of carbonyl (C=O) groups is 1. The molecule has 1 aromatic heterocycles. The summed E-state index contributed by atoms with van der Waals surface area (Å²) in [6, 6.07) is 17.7. The van der Waals surface area contributed by atoms with Crippen LogP contribution in [0, 0.1) is 10.1 Å². The maximum absolute atomic E-state index is 13.9. The molecule has 12 heteroatoms. The van der Waals surface area contributed by atoms with Gasteiger partial charge < -0.3 is 18.9 Å². The molecule has 2 heterocycles. The first kappa shape index (κ1) is 30.2. The lowest BCUT2D eigenvalue weighted by Gasteiger charge is -2.26. The van der Waals surface area contributed by atoms with Crippen molar-refractivity contribution in [2.75, 3.05) is 20.8 Å². The minimum Gasteiger partial charge on any atom is -0.497 e. The van der Waals surface area contributed by atoms with Crippen molar-refractivity contribution in [3.8, 4) is 17.2 Å². The number of hydrogen-bond acceptors (Lipinski definition) is 10. The molecule has 0 amide bonds. The molecule has 0 fully saturated rings. The van der Waals surface area contributed by atoms with Crippen molar-refractivity contribution < 1.29 is 28.7 Å². The zero-order valence-electron chi connectivity index (χ0n) is 24.4. The van der Waals surface area contributed by atoms with Gasteiger partial charge in [-0.05, 0) is 73.5 Å². The normalized spacial score (nSPS) is 14.5. The lowest BCUT2D eigenvalue weighted by molar-refractivity contribution is -0.384. The Morgan fingerprint density at radius 1 is 1.05 bits per heavy atom. The molecule has 3 aromatic carbocycles. The Balaban J connectivity index is 1.50. The van der Waals surface area contributed by atoms with Gasteiger partial charge in [-0.1, -0.05) is 23.5 Å². The quantitative estimate of drug-likeness (QED) is 0.147. The molecule has 11 nitrogen and oxygen atoms in total. The van der Waals surface area contributed by atoms with Crippen LogP contribution in [0.5, 0.6) is 17.2 Å². The van der Waals surface area contributed by atoms with Crippen molar-refractivity contribution in [3.63, 3.8) is 0 Å². The van der Waals surface area contributed by atoms with Gasteiger partial charge in [0.1, 0.15) is 29.9 Å². The predicted molar refractivity (Wildman–Crippen MR) is 164 cm³/mol. The minimum atomic E-state index is -0.854. The molecule has 0 bridgehead atoms. The second-order valence-electron chi connectivity index (χ2n) is 9.69. The van der Waals surface area contributed by atoms with Gasteiger partial charge in [-0.3, -0.25) is 19.5 Å². The summed E-state index contributed by atoms with van der Waals surface area (Å²) in [5, 5.41) is 10.9. The molecule has 0 spiro atoms. The third-order valence-corrected chi connectivity index (χ3v) is 7.96. The summed E-state index contributed by atoms with van der Waals surface area (Å²) in [5.41, 5.74) is 2.50. The fourth-order valence-corrected chi connectivity index (χ4v) is 5.88. The molecule has 1 aliphatic rings. The average molecular weight is 616 g/mol. The van der Waals surface area contributed by atoms with E-state index in [2.05, 4.69) is 4.99 Å². The number of carbonyl (C=O) groups excluding carboxylic acids is 1. The first-order valence-corrected chi connectivity index (χ1v) is 14.4. The molecule has 5 rings (SSSR count). The molecule has 0 aliphatic carbocycles. The lowest BCUT2D eigenvalue weighted by Crippen LogP contribution is -2.40. The van der Waals surface area contributed by atoms with Crippen LogP contribution in [-0.4, -0.2) is 36.3 Å². The molecule has 0 N–H and O–H groups in total. The number of ether oxygens (including phenoxy) is 4. The van der Waals surface area contributed by atoms with E-state index in [9.17, 15) is 19.7 Å². The Hall–Kier alpha value is -5.23. The monoisotopic (exact) mass is 615 g/mol. The number of nitro groups is 1. The van der Waals surface area contributed by atoms with E-state index in [1.807, 2.05) is 12.1 Å². The average Bonchev–Trinajstić information content (AvgIpc) is 3.33. The zero-order valence-corrected chi connectivity index (χ0v) is 25.3. The van der Waals surface area contributed by atoms with Crippen LogP contribution in [0.2, 0.25) is 0 Å². The van der Waals surface area contributed by atoms with Gasteiger partial charge in [-0.25, -0.2) is 9.79 Å². The Bertz CT molecular complexity index is 1930. The number of aromatic nitrogens is 1. The number of allylic oxidation sites excluding steroid dienone is 1. The molecule has 0 saturated heterocycles. The molecular weight excluding hydrogens is 586 g/mol. The van der Waals surface area contributed by atoms with E-state index in [0.717, 1.165) is 11.1 Å². The first-order valence-electron chi connectivity index (χ1n) is 13.6. The van der Waals surface area contributed by atoms with E-state index in [1.54, 1.807) is 62.4 Å². The second kappa shape index (κ2) is 13.0. The molecule has 44 heavy (non-hydrogen) atoms.